The molecule has 2 rings (SSSR count). The van der Waals surface area contributed by atoms with Gasteiger partial charge in [-0.15, -0.1) is 0 Å². The van der Waals surface area contributed by atoms with Crippen molar-refractivity contribution in [1.29, 1.82) is 0 Å². The van der Waals surface area contributed by atoms with Gasteiger partial charge >= 0.3 is 0 Å². The van der Waals surface area contributed by atoms with Crippen molar-refractivity contribution >= 4 is 33.6 Å². The van der Waals surface area contributed by atoms with E-state index in [-0.39, 0.29) is 4.90 Å². The molecule has 1 N–H and O–H groups in total. The van der Waals surface area contributed by atoms with Crippen LogP contribution in [0.2, 0.25) is 0 Å². The van der Waals surface area contributed by atoms with Crippen molar-refractivity contribution in [3.05, 3.63) is 29.3 Å². The average Bonchev–Trinajstić information content (AvgIpc) is 2.68. The lowest BCUT2D eigenvalue weighted by Crippen LogP contribution is -2.49. The molecule has 0 aliphatic carbocycles. The molecule has 1 aromatic carbocycles. The Bertz CT molecular complexity index is 731. The smallest absolute Gasteiger partial charge is 0.294 e. The number of benzene rings is 1. The van der Waals surface area contributed by atoms with Gasteiger partial charge in [-0.2, -0.15) is 31.9 Å². The van der Waals surface area contributed by atoms with Gasteiger partial charge in [0.1, 0.15) is 0 Å². The van der Waals surface area contributed by atoms with E-state index in [4.69, 9.17) is 0 Å². The number of thioether (sulfide) groups is 2. The fraction of sp³-hybridized carbons (Fsp3) is 0.739. The van der Waals surface area contributed by atoms with Crippen molar-refractivity contribution < 1.29 is 17.5 Å². The zero-order valence-corrected chi connectivity index (χ0v) is 21.2. The summed E-state index contributed by atoms with van der Waals surface area (Å²) < 4.78 is 33.7. The molecule has 0 unspecified atom stereocenters. The average molecular weight is 475 g/mol. The SMILES string of the molecule is Cc1ccc(S(=O)(=O)O)c(CCSCCCCCCSCC[N+]2(C)CCCCC2)c1. The number of piperidine rings is 1. The monoisotopic (exact) mass is 474 g/mol. The molecule has 0 spiro atoms. The normalized spacial score (nSPS) is 16.6. The Balaban J connectivity index is 1.47. The Morgan fingerprint density at radius 1 is 0.933 bits per heavy atom. The summed E-state index contributed by atoms with van der Waals surface area (Å²) in [6, 6.07) is 5.11. The largest absolute Gasteiger partial charge is 0.325 e. The number of aryl methyl sites for hydroxylation is 2. The van der Waals surface area contributed by atoms with E-state index in [9.17, 15) is 13.0 Å². The molecule has 0 atom stereocenters. The molecular weight excluding hydrogens is 434 g/mol. The highest BCUT2D eigenvalue weighted by Crippen LogP contribution is 2.21. The van der Waals surface area contributed by atoms with Gasteiger partial charge in [0.25, 0.3) is 10.1 Å². The Kier molecular flexibility index (Phi) is 11.6. The van der Waals surface area contributed by atoms with Crippen LogP contribution in [0.15, 0.2) is 23.1 Å². The molecule has 172 valence electrons. The van der Waals surface area contributed by atoms with Crippen LogP contribution in [-0.2, 0) is 16.5 Å². The fourth-order valence-corrected chi connectivity index (χ4v) is 6.98. The predicted octanol–water partition coefficient (Wildman–Crippen LogP) is 5.44. The molecule has 1 fully saturated rings. The number of hydrogen-bond donors (Lipinski definition) is 1. The first-order valence-corrected chi connectivity index (χ1v) is 15.1. The van der Waals surface area contributed by atoms with E-state index in [0.717, 1.165) is 22.6 Å². The molecule has 1 aliphatic rings. The van der Waals surface area contributed by atoms with Crippen molar-refractivity contribution in [2.45, 2.75) is 63.2 Å². The third kappa shape index (κ3) is 9.94. The number of quaternary nitrogens is 1. The van der Waals surface area contributed by atoms with Crippen molar-refractivity contribution in [3.8, 4) is 0 Å². The molecule has 30 heavy (non-hydrogen) atoms. The Morgan fingerprint density at radius 2 is 1.57 bits per heavy atom. The quantitative estimate of drug-likeness (QED) is 0.221. The topological polar surface area (TPSA) is 54.4 Å². The van der Waals surface area contributed by atoms with Crippen LogP contribution >= 0.6 is 23.5 Å². The van der Waals surface area contributed by atoms with Crippen LogP contribution in [0.25, 0.3) is 0 Å². The van der Waals surface area contributed by atoms with Crippen LogP contribution in [0.1, 0.15) is 56.1 Å². The molecule has 1 aliphatic heterocycles. The minimum Gasteiger partial charge on any atom is -0.325 e. The maximum atomic E-state index is 11.5. The van der Waals surface area contributed by atoms with E-state index >= 15 is 0 Å². The standard InChI is InChI=1S/C23H39NO3S3/c1-21-10-11-23(30(25,26)27)22(20-21)12-18-28-16-8-3-4-9-17-29-19-15-24(2)13-6-5-7-14-24/h10-11,20H,3-9,12-19H2,1-2H3/p+1. The Labute approximate surface area is 192 Å². The molecule has 0 amide bonds. The van der Waals surface area contributed by atoms with E-state index < -0.39 is 10.1 Å². The summed E-state index contributed by atoms with van der Waals surface area (Å²) in [6.07, 6.45) is 10.1. The first kappa shape index (κ1) is 26.0. The lowest BCUT2D eigenvalue weighted by Gasteiger charge is -2.37. The van der Waals surface area contributed by atoms with Gasteiger partial charge in [-0.25, -0.2) is 0 Å². The number of nitrogens with zero attached hydrogens (tertiary/aromatic N) is 1. The Hall–Kier alpha value is -0.210. The molecule has 1 aromatic rings. The van der Waals surface area contributed by atoms with E-state index in [1.807, 2.05) is 24.8 Å². The minimum absolute atomic E-state index is 0.0579. The van der Waals surface area contributed by atoms with Gasteiger partial charge in [0.15, 0.2) is 0 Å². The van der Waals surface area contributed by atoms with Gasteiger partial charge in [-0.3, -0.25) is 4.55 Å². The summed E-state index contributed by atoms with van der Waals surface area (Å²) in [7, 11) is -1.71. The highest BCUT2D eigenvalue weighted by Gasteiger charge is 2.23. The van der Waals surface area contributed by atoms with Gasteiger partial charge in [-0.1, -0.05) is 30.5 Å². The molecule has 0 bridgehead atoms. The van der Waals surface area contributed by atoms with Crippen LogP contribution in [0.4, 0.5) is 0 Å². The summed E-state index contributed by atoms with van der Waals surface area (Å²) in [5.41, 5.74) is 1.75. The van der Waals surface area contributed by atoms with Crippen molar-refractivity contribution in [1.82, 2.24) is 0 Å². The van der Waals surface area contributed by atoms with E-state index in [1.165, 1.54) is 86.6 Å². The summed E-state index contributed by atoms with van der Waals surface area (Å²) >= 11 is 4.01. The number of unbranched alkanes of at least 4 members (excludes halogenated alkanes) is 3. The van der Waals surface area contributed by atoms with Crippen LogP contribution in [-0.4, -0.2) is 67.1 Å². The molecule has 0 radical (unpaired) electrons. The van der Waals surface area contributed by atoms with E-state index in [1.54, 1.807) is 6.07 Å². The lowest BCUT2D eigenvalue weighted by atomic mass is 10.1. The van der Waals surface area contributed by atoms with Crippen LogP contribution in [0, 0.1) is 6.92 Å². The van der Waals surface area contributed by atoms with Crippen LogP contribution < -0.4 is 0 Å². The maximum Gasteiger partial charge on any atom is 0.294 e. The number of likely N-dealkylation sites (tertiary alicyclic amines) is 1. The molecular formula is C23H40NO3S3+. The molecule has 4 nitrogen and oxygen atoms in total. The summed E-state index contributed by atoms with van der Waals surface area (Å²) in [4.78, 5) is 0.0579. The first-order chi connectivity index (χ1) is 14.3. The third-order valence-electron chi connectivity index (χ3n) is 6.01. The fourth-order valence-electron chi connectivity index (χ4n) is 4.09. The highest BCUT2D eigenvalue weighted by atomic mass is 32.2. The second-order valence-corrected chi connectivity index (χ2v) is 12.7. The summed E-state index contributed by atoms with van der Waals surface area (Å²) in [6.45, 7) is 6.03. The second-order valence-electron chi connectivity index (χ2n) is 8.83. The van der Waals surface area contributed by atoms with Gasteiger partial charge in [-0.05, 0) is 74.3 Å². The van der Waals surface area contributed by atoms with Crippen molar-refractivity contribution in [2.75, 3.05) is 49.7 Å². The van der Waals surface area contributed by atoms with Crippen LogP contribution in [0.3, 0.4) is 0 Å². The number of rotatable bonds is 14. The first-order valence-electron chi connectivity index (χ1n) is 11.4. The van der Waals surface area contributed by atoms with E-state index in [2.05, 4.69) is 18.8 Å². The molecule has 7 heteroatoms. The van der Waals surface area contributed by atoms with Crippen molar-refractivity contribution in [3.63, 3.8) is 0 Å². The zero-order chi connectivity index (χ0) is 21.9. The van der Waals surface area contributed by atoms with Gasteiger partial charge in [0, 0.05) is 5.75 Å². The molecule has 0 saturated carbocycles. The lowest BCUT2D eigenvalue weighted by molar-refractivity contribution is -0.911. The highest BCUT2D eigenvalue weighted by molar-refractivity contribution is 7.99. The van der Waals surface area contributed by atoms with Gasteiger partial charge < -0.3 is 4.48 Å². The van der Waals surface area contributed by atoms with Gasteiger partial charge in [0.05, 0.1) is 31.6 Å². The van der Waals surface area contributed by atoms with Crippen molar-refractivity contribution in [2.24, 2.45) is 0 Å². The minimum atomic E-state index is -4.14. The molecule has 1 saturated heterocycles. The maximum absolute atomic E-state index is 11.5. The zero-order valence-electron chi connectivity index (χ0n) is 18.8. The molecule has 1 heterocycles. The summed E-state index contributed by atoms with van der Waals surface area (Å²) in [5, 5.41) is 0. The Morgan fingerprint density at radius 3 is 2.20 bits per heavy atom. The summed E-state index contributed by atoms with van der Waals surface area (Å²) in [5.74, 6) is 4.60. The predicted molar refractivity (Wildman–Crippen MR) is 132 cm³/mol. The molecule has 0 aromatic heterocycles. The van der Waals surface area contributed by atoms with Gasteiger partial charge in [0.2, 0.25) is 0 Å². The number of hydrogen-bond acceptors (Lipinski definition) is 4. The third-order valence-corrected chi connectivity index (χ3v) is 9.08. The van der Waals surface area contributed by atoms with Crippen LogP contribution in [0.5, 0.6) is 0 Å². The second kappa shape index (κ2) is 13.4. The van der Waals surface area contributed by atoms with E-state index in [0.29, 0.717) is 6.42 Å².